The first-order valence-electron chi connectivity index (χ1n) is 12.8. The van der Waals surface area contributed by atoms with Crippen LogP contribution in [0.15, 0.2) is 12.1 Å². The zero-order chi connectivity index (χ0) is 24.5. The maximum absolute atomic E-state index is 12.0. The molecule has 37 heavy (non-hydrogen) atoms. The van der Waals surface area contributed by atoms with E-state index in [1.54, 1.807) is 13.2 Å². The number of likely N-dealkylation sites (tertiary alicyclic amines) is 1. The van der Waals surface area contributed by atoms with E-state index in [-0.39, 0.29) is 55.5 Å². The molecule has 6 atom stereocenters. The van der Waals surface area contributed by atoms with E-state index in [1.165, 1.54) is 18.4 Å². The van der Waals surface area contributed by atoms with Crippen molar-refractivity contribution in [3.63, 3.8) is 0 Å². The lowest BCUT2D eigenvalue weighted by atomic mass is 9.48. The van der Waals surface area contributed by atoms with Gasteiger partial charge in [-0.1, -0.05) is 6.07 Å². The van der Waals surface area contributed by atoms with E-state index < -0.39 is 35.1 Å². The first kappa shape index (κ1) is 28.2. The number of aromatic hydroxyl groups is 1. The van der Waals surface area contributed by atoms with Gasteiger partial charge in [0.2, 0.25) is 0 Å². The number of hydrogen-bond acceptors (Lipinski definition) is 7. The summed E-state index contributed by atoms with van der Waals surface area (Å²) in [5.41, 5.74) is 1.23. The number of ether oxygens (including phenoxy) is 2. The molecule has 2 aliphatic heterocycles. The summed E-state index contributed by atoms with van der Waals surface area (Å²) >= 11 is 0. The highest BCUT2D eigenvalue weighted by atomic mass is 35.5. The van der Waals surface area contributed by atoms with Gasteiger partial charge in [-0.2, -0.15) is 0 Å². The lowest BCUT2D eigenvalue weighted by Crippen LogP contribution is -2.79. The maximum atomic E-state index is 12.0. The Balaban J connectivity index is 0.00000160. The van der Waals surface area contributed by atoms with Gasteiger partial charge in [-0.25, -0.2) is 0 Å². The van der Waals surface area contributed by atoms with Gasteiger partial charge in [0.1, 0.15) is 12.1 Å². The fourth-order valence-corrected chi connectivity index (χ4v) is 7.84. The summed E-state index contributed by atoms with van der Waals surface area (Å²) in [5.74, 6) is -0.707. The molecule has 206 valence electrons. The number of hydrogen-bond donors (Lipinski definition) is 4. The number of phenols is 1. The monoisotopic (exact) mass is 558 g/mol. The van der Waals surface area contributed by atoms with Crippen LogP contribution in [0.2, 0.25) is 0 Å². The molecule has 9 nitrogen and oxygen atoms in total. The summed E-state index contributed by atoms with van der Waals surface area (Å²) in [6, 6.07) is 2.62. The number of benzene rings is 1. The van der Waals surface area contributed by atoms with Gasteiger partial charge in [-0.05, 0) is 69.0 Å². The van der Waals surface area contributed by atoms with Crippen LogP contribution in [0.4, 0.5) is 0 Å². The molecule has 1 aromatic rings. The third-order valence-electron chi connectivity index (χ3n) is 9.45. The average Bonchev–Trinajstić information content (AvgIpc) is 3.57. The Morgan fingerprint density at radius 1 is 1.22 bits per heavy atom. The van der Waals surface area contributed by atoms with E-state index in [9.17, 15) is 19.8 Å². The molecular weight excluding hydrogens is 523 g/mol. The summed E-state index contributed by atoms with van der Waals surface area (Å²) in [7, 11) is 1.79. The Morgan fingerprint density at radius 2 is 1.97 bits per heavy atom. The molecule has 1 saturated heterocycles. The summed E-state index contributed by atoms with van der Waals surface area (Å²) < 4.78 is 13.1. The Kier molecular flexibility index (Phi) is 7.69. The first-order valence-corrected chi connectivity index (χ1v) is 12.8. The van der Waals surface area contributed by atoms with Gasteiger partial charge in [0.15, 0.2) is 11.5 Å². The van der Waals surface area contributed by atoms with E-state index >= 15 is 0 Å². The zero-order valence-electron chi connectivity index (χ0n) is 20.9. The van der Waals surface area contributed by atoms with Crippen molar-refractivity contribution < 1.29 is 34.4 Å². The van der Waals surface area contributed by atoms with Crippen molar-refractivity contribution >= 4 is 36.8 Å². The molecule has 11 heteroatoms. The predicted octanol–water partition coefficient (Wildman–Crippen LogP) is 2.73. The summed E-state index contributed by atoms with van der Waals surface area (Å²) in [4.78, 5) is 25.7. The van der Waals surface area contributed by atoms with E-state index in [1.807, 2.05) is 6.07 Å². The Hall–Kier alpha value is -1.78. The number of rotatable bonds is 9. The van der Waals surface area contributed by atoms with Crippen molar-refractivity contribution in [1.82, 2.24) is 10.2 Å². The van der Waals surface area contributed by atoms with Gasteiger partial charge in [-0.15, -0.1) is 24.8 Å². The maximum Gasteiger partial charge on any atom is 0.320 e. The van der Waals surface area contributed by atoms with Gasteiger partial charge in [0.05, 0.1) is 11.0 Å². The Bertz CT molecular complexity index is 1070. The molecule has 5 aliphatic rings. The highest BCUT2D eigenvalue weighted by Crippen LogP contribution is 2.66. The van der Waals surface area contributed by atoms with Crippen molar-refractivity contribution in [2.45, 2.75) is 86.6 Å². The summed E-state index contributed by atoms with van der Waals surface area (Å²) in [5, 5.41) is 33.0. The van der Waals surface area contributed by atoms with Gasteiger partial charge < -0.3 is 24.8 Å². The first-order chi connectivity index (χ1) is 16.8. The van der Waals surface area contributed by atoms with Gasteiger partial charge in [-0.3, -0.25) is 19.8 Å². The minimum Gasteiger partial charge on any atom is -0.504 e. The number of carboxylic acids is 2. The Labute approximate surface area is 228 Å². The molecule has 4 N–H and O–H groups in total. The molecule has 3 aliphatic carbocycles. The molecular formula is C26H36Cl2N2O7. The number of nitrogens with zero attached hydrogens (tertiary/aromatic N) is 1. The third kappa shape index (κ3) is 4.09. The molecule has 1 spiro atoms. The fraction of sp³-hybridized carbons (Fsp3) is 0.692. The van der Waals surface area contributed by atoms with Crippen LogP contribution in [0.3, 0.4) is 0 Å². The number of halogens is 2. The smallest absolute Gasteiger partial charge is 0.320 e. The number of carbonyl (C=O) groups is 2. The minimum absolute atomic E-state index is 0. The van der Waals surface area contributed by atoms with Crippen LogP contribution in [0, 0.1) is 5.92 Å². The van der Waals surface area contributed by atoms with E-state index in [0.29, 0.717) is 12.2 Å². The van der Waals surface area contributed by atoms with Crippen molar-refractivity contribution in [3.8, 4) is 11.5 Å². The largest absolute Gasteiger partial charge is 0.504 e. The zero-order valence-corrected chi connectivity index (χ0v) is 22.5. The van der Waals surface area contributed by atoms with E-state index in [2.05, 4.69) is 10.2 Å². The number of carboxylic acid groups (broad SMARTS) is 2. The minimum atomic E-state index is -1.06. The molecule has 2 saturated carbocycles. The molecule has 6 rings (SSSR count). The number of phenolic OH excluding ortho intramolecular Hbond substituents is 1. The highest BCUT2D eigenvalue weighted by Gasteiger charge is 2.74. The molecule has 0 radical (unpaired) electrons. The van der Waals surface area contributed by atoms with Crippen LogP contribution in [0.5, 0.6) is 11.5 Å². The number of nitrogens with one attached hydrogen (secondary N) is 1. The molecule has 0 aromatic heterocycles. The van der Waals surface area contributed by atoms with Crippen molar-refractivity contribution in [2.24, 2.45) is 5.92 Å². The van der Waals surface area contributed by atoms with Crippen LogP contribution < -0.4 is 10.1 Å². The van der Waals surface area contributed by atoms with Gasteiger partial charge in [0, 0.05) is 37.7 Å². The fourth-order valence-electron chi connectivity index (χ4n) is 7.84. The van der Waals surface area contributed by atoms with E-state index in [0.717, 1.165) is 43.8 Å². The highest BCUT2D eigenvalue weighted by molar-refractivity contribution is 5.85. The van der Waals surface area contributed by atoms with Crippen molar-refractivity contribution in [3.05, 3.63) is 23.3 Å². The Morgan fingerprint density at radius 3 is 2.62 bits per heavy atom. The molecule has 0 amide bonds. The average molecular weight is 559 g/mol. The van der Waals surface area contributed by atoms with Crippen molar-refractivity contribution in [2.75, 3.05) is 20.2 Å². The summed E-state index contributed by atoms with van der Waals surface area (Å²) in [6.45, 7) is 1.99. The summed E-state index contributed by atoms with van der Waals surface area (Å²) in [6.07, 6.45) is 4.98. The van der Waals surface area contributed by atoms with Crippen LogP contribution in [-0.2, 0) is 26.2 Å². The van der Waals surface area contributed by atoms with Gasteiger partial charge >= 0.3 is 11.9 Å². The number of methoxy groups -OCH3 is 1. The normalized spacial score (nSPS) is 33.8. The third-order valence-corrected chi connectivity index (χ3v) is 9.45. The lowest BCUT2D eigenvalue weighted by molar-refractivity contribution is -0.208. The number of piperidine rings is 1. The van der Waals surface area contributed by atoms with Crippen LogP contribution >= 0.6 is 24.8 Å². The van der Waals surface area contributed by atoms with Crippen LogP contribution in [-0.4, -0.2) is 82.2 Å². The molecule has 3 fully saturated rings. The second-order valence-electron chi connectivity index (χ2n) is 11.1. The van der Waals surface area contributed by atoms with E-state index in [4.69, 9.17) is 14.6 Å². The second-order valence-corrected chi connectivity index (χ2v) is 11.1. The molecule has 0 unspecified atom stereocenters. The molecule has 2 bridgehead atoms. The molecule has 2 heterocycles. The lowest BCUT2D eigenvalue weighted by Gasteiger charge is -2.65. The molecule has 1 aromatic carbocycles. The van der Waals surface area contributed by atoms with Crippen LogP contribution in [0.25, 0.3) is 0 Å². The predicted molar refractivity (Wildman–Crippen MR) is 139 cm³/mol. The quantitative estimate of drug-likeness (QED) is 0.361. The van der Waals surface area contributed by atoms with Crippen molar-refractivity contribution in [1.29, 1.82) is 0 Å². The standard InChI is InChI=1S/C26H34N2O7.2ClH/c1-34-26-9-8-16(27-17(24(32)33)5-7-20(30)31)23-25(26)10-11-28(13-14-2-3-14)19(26)12-15-4-6-18(29)22(35-23)21(15)25;;/h4,6,14,16-17,19,23,27,29H,2-3,5,7-13H2,1H3,(H,30,31)(H,32,33);2*1H/t16-,17-,19+,23-,25-,26+;;/m0../s1. The van der Waals surface area contributed by atoms with Crippen LogP contribution in [0.1, 0.15) is 56.1 Å². The SMILES string of the molecule is CO[C@@]12CC[C@H](N[C@@H](CCC(=O)O)C(=O)O)[C@@H]3Oc4c(O)ccc5c4[C@@]31CCN(CC1CC1)[C@@H]2C5.Cl.Cl. The second kappa shape index (κ2) is 10.1. The topological polar surface area (TPSA) is 129 Å². The number of aliphatic carboxylic acids is 2. The van der Waals surface area contributed by atoms with Gasteiger partial charge in [0.25, 0.3) is 0 Å².